The topological polar surface area (TPSA) is 32.6 Å². The Bertz CT molecular complexity index is 122. The number of aliphatic hydroxyl groups is 1. The van der Waals surface area contributed by atoms with Crippen LogP contribution in [0.4, 0.5) is 0 Å². The maximum Gasteiger partial charge on any atom is 0.134 e. The largest absolute Gasteiger partial charge is 0.375 e. The molecule has 60 valence electrons. The highest BCUT2D eigenvalue weighted by Gasteiger charge is 2.10. The van der Waals surface area contributed by atoms with Crippen molar-refractivity contribution in [3.63, 3.8) is 0 Å². The van der Waals surface area contributed by atoms with Crippen molar-refractivity contribution in [1.29, 1.82) is 0 Å². The average molecular weight is 143 g/mol. The molecule has 0 spiro atoms. The first-order valence-electron chi connectivity index (χ1n) is 3.56. The lowest BCUT2D eigenvalue weighted by Crippen LogP contribution is -2.10. The number of aliphatic hydroxyl groups excluding tert-OH is 1. The van der Waals surface area contributed by atoms with Gasteiger partial charge in [-0.15, -0.1) is 0 Å². The minimum absolute atomic E-state index is 0.0814. The number of rotatable bonds is 2. The Morgan fingerprint density at radius 1 is 1.40 bits per heavy atom. The molecule has 0 aromatic carbocycles. The van der Waals surface area contributed by atoms with Crippen molar-refractivity contribution in [3.05, 3.63) is 0 Å². The van der Waals surface area contributed by atoms with Crippen LogP contribution >= 0.6 is 0 Å². The van der Waals surface area contributed by atoms with Crippen LogP contribution < -0.4 is 0 Å². The second-order valence-electron chi connectivity index (χ2n) is 3.77. The first-order valence-corrected chi connectivity index (χ1v) is 3.56. The van der Waals surface area contributed by atoms with Gasteiger partial charge in [0.15, 0.2) is 0 Å². The quantitative estimate of drug-likeness (QED) is 0.588. The molecule has 0 aromatic rings. The van der Waals surface area contributed by atoms with E-state index in [1.165, 1.54) is 0 Å². The fourth-order valence-electron chi connectivity index (χ4n) is 0.944. The van der Waals surface area contributed by atoms with Gasteiger partial charge in [0.05, 0.1) is 0 Å². The van der Waals surface area contributed by atoms with Gasteiger partial charge in [0.1, 0.15) is 6.73 Å². The van der Waals surface area contributed by atoms with Crippen LogP contribution in [0.15, 0.2) is 4.99 Å². The average Bonchev–Trinajstić information content (AvgIpc) is 1.59. The van der Waals surface area contributed by atoms with Crippen LogP contribution in [-0.4, -0.2) is 17.5 Å². The summed E-state index contributed by atoms with van der Waals surface area (Å²) in [4.78, 5) is 3.88. The summed E-state index contributed by atoms with van der Waals surface area (Å²) in [6.45, 7) is 8.33. The van der Waals surface area contributed by atoms with Gasteiger partial charge in [0.2, 0.25) is 0 Å². The fraction of sp³-hybridized carbons (Fsp3) is 0.875. The number of hydrogen-bond donors (Lipinski definition) is 1. The lowest BCUT2D eigenvalue weighted by atomic mass is 9.90. The molecular formula is C8H17NO. The van der Waals surface area contributed by atoms with Crippen molar-refractivity contribution in [1.82, 2.24) is 0 Å². The van der Waals surface area contributed by atoms with Gasteiger partial charge in [0.25, 0.3) is 0 Å². The van der Waals surface area contributed by atoms with Gasteiger partial charge in [-0.1, -0.05) is 20.8 Å². The SMILES string of the molecule is CC(CC(C)(C)C)=NCO. The zero-order valence-corrected chi connectivity index (χ0v) is 7.31. The van der Waals surface area contributed by atoms with E-state index in [0.29, 0.717) is 0 Å². The van der Waals surface area contributed by atoms with Crippen molar-refractivity contribution in [2.24, 2.45) is 10.4 Å². The maximum absolute atomic E-state index is 8.45. The normalized spacial score (nSPS) is 13.9. The highest BCUT2D eigenvalue weighted by atomic mass is 16.3. The maximum atomic E-state index is 8.45. The first kappa shape index (κ1) is 9.63. The number of hydrogen-bond acceptors (Lipinski definition) is 2. The zero-order chi connectivity index (χ0) is 8.20. The van der Waals surface area contributed by atoms with Gasteiger partial charge in [-0.2, -0.15) is 0 Å². The van der Waals surface area contributed by atoms with Crippen molar-refractivity contribution >= 4 is 5.71 Å². The van der Waals surface area contributed by atoms with E-state index in [-0.39, 0.29) is 12.1 Å². The summed E-state index contributed by atoms with van der Waals surface area (Å²) in [5.41, 5.74) is 1.30. The lowest BCUT2D eigenvalue weighted by molar-refractivity contribution is 0.308. The Morgan fingerprint density at radius 3 is 2.20 bits per heavy atom. The molecule has 0 aliphatic rings. The van der Waals surface area contributed by atoms with Gasteiger partial charge in [-0.3, -0.25) is 4.99 Å². The molecule has 0 radical (unpaired) electrons. The monoisotopic (exact) mass is 143 g/mol. The van der Waals surface area contributed by atoms with Crippen LogP contribution in [-0.2, 0) is 0 Å². The van der Waals surface area contributed by atoms with Crippen LogP contribution in [0, 0.1) is 5.41 Å². The zero-order valence-electron chi connectivity index (χ0n) is 7.31. The number of aliphatic imine (C=N–C) groups is 1. The Hall–Kier alpha value is -0.370. The van der Waals surface area contributed by atoms with Gasteiger partial charge in [-0.05, 0) is 18.8 Å². The predicted octanol–water partition coefficient (Wildman–Crippen LogP) is 1.83. The summed E-state index contributed by atoms with van der Waals surface area (Å²) >= 11 is 0. The minimum Gasteiger partial charge on any atom is -0.375 e. The van der Waals surface area contributed by atoms with Crippen LogP contribution in [0.5, 0.6) is 0 Å². The molecule has 0 aromatic heterocycles. The molecule has 0 saturated heterocycles. The molecular weight excluding hydrogens is 126 g/mol. The molecule has 0 heterocycles. The molecule has 0 rings (SSSR count). The second kappa shape index (κ2) is 3.71. The summed E-state index contributed by atoms with van der Waals surface area (Å²) in [5.74, 6) is 0. The minimum atomic E-state index is -0.0814. The van der Waals surface area contributed by atoms with Gasteiger partial charge >= 0.3 is 0 Å². The molecule has 2 heteroatoms. The predicted molar refractivity (Wildman–Crippen MR) is 44.3 cm³/mol. The summed E-state index contributed by atoms with van der Waals surface area (Å²) in [7, 11) is 0. The van der Waals surface area contributed by atoms with Crippen LogP contribution in [0.1, 0.15) is 34.1 Å². The third-order valence-electron chi connectivity index (χ3n) is 1.13. The van der Waals surface area contributed by atoms with Gasteiger partial charge in [0, 0.05) is 5.71 Å². The highest BCUT2D eigenvalue weighted by molar-refractivity contribution is 5.82. The Kier molecular flexibility index (Phi) is 3.58. The second-order valence-corrected chi connectivity index (χ2v) is 3.77. The van der Waals surface area contributed by atoms with Crippen LogP contribution in [0.25, 0.3) is 0 Å². The van der Waals surface area contributed by atoms with Crippen LogP contribution in [0.3, 0.4) is 0 Å². The summed E-state index contributed by atoms with van der Waals surface area (Å²) in [6.07, 6.45) is 0.952. The molecule has 0 aliphatic heterocycles. The van der Waals surface area contributed by atoms with E-state index in [0.717, 1.165) is 12.1 Å². The van der Waals surface area contributed by atoms with Crippen molar-refractivity contribution in [2.75, 3.05) is 6.73 Å². The molecule has 2 nitrogen and oxygen atoms in total. The van der Waals surface area contributed by atoms with Gasteiger partial charge in [-0.25, -0.2) is 0 Å². The Balaban J connectivity index is 3.79. The Morgan fingerprint density at radius 2 is 1.90 bits per heavy atom. The van der Waals surface area contributed by atoms with Gasteiger partial charge < -0.3 is 5.11 Å². The summed E-state index contributed by atoms with van der Waals surface area (Å²) in [5, 5.41) is 8.45. The molecule has 0 saturated carbocycles. The van der Waals surface area contributed by atoms with Crippen molar-refractivity contribution < 1.29 is 5.11 Å². The standard InChI is InChI=1S/C8H17NO/c1-7(9-6-10)5-8(2,3)4/h10H,5-6H2,1-4H3. The molecule has 0 fully saturated rings. The molecule has 1 N–H and O–H groups in total. The third-order valence-corrected chi connectivity index (χ3v) is 1.13. The van der Waals surface area contributed by atoms with E-state index in [9.17, 15) is 0 Å². The summed E-state index contributed by atoms with van der Waals surface area (Å²) < 4.78 is 0. The smallest absolute Gasteiger partial charge is 0.134 e. The van der Waals surface area contributed by atoms with E-state index in [1.54, 1.807) is 0 Å². The molecule has 0 bridgehead atoms. The molecule has 0 aliphatic carbocycles. The van der Waals surface area contributed by atoms with E-state index in [2.05, 4.69) is 25.8 Å². The first-order chi connectivity index (χ1) is 4.45. The van der Waals surface area contributed by atoms with E-state index in [4.69, 9.17) is 5.11 Å². The molecule has 0 amide bonds. The molecule has 0 atom stereocenters. The molecule has 0 unspecified atom stereocenters. The lowest BCUT2D eigenvalue weighted by Gasteiger charge is -2.17. The van der Waals surface area contributed by atoms with E-state index >= 15 is 0 Å². The summed E-state index contributed by atoms with van der Waals surface area (Å²) in [6, 6.07) is 0. The van der Waals surface area contributed by atoms with E-state index < -0.39 is 0 Å². The van der Waals surface area contributed by atoms with Crippen molar-refractivity contribution in [3.8, 4) is 0 Å². The Labute approximate surface area is 63.0 Å². The fourth-order valence-corrected chi connectivity index (χ4v) is 0.944. The van der Waals surface area contributed by atoms with Crippen molar-refractivity contribution in [2.45, 2.75) is 34.1 Å². The van der Waals surface area contributed by atoms with E-state index in [1.807, 2.05) is 6.92 Å². The number of nitrogens with zero attached hydrogens (tertiary/aromatic N) is 1. The van der Waals surface area contributed by atoms with Crippen LogP contribution in [0.2, 0.25) is 0 Å². The molecule has 10 heavy (non-hydrogen) atoms. The highest BCUT2D eigenvalue weighted by Crippen LogP contribution is 2.18. The third kappa shape index (κ3) is 5.76.